The molecular formula is C27H26Cl2N6O2. The van der Waals surface area contributed by atoms with Gasteiger partial charge < -0.3 is 19.9 Å². The topological polar surface area (TPSA) is 73.8 Å². The highest BCUT2D eigenvalue weighted by Crippen LogP contribution is 2.37. The lowest BCUT2D eigenvalue weighted by Crippen LogP contribution is -2.42. The number of nitrogens with one attached hydrogen (secondary N) is 1. The van der Waals surface area contributed by atoms with Crippen molar-refractivity contribution in [3.05, 3.63) is 63.8 Å². The number of amides is 1. The number of terminal acetylenes is 1. The van der Waals surface area contributed by atoms with Gasteiger partial charge in [0, 0.05) is 36.6 Å². The van der Waals surface area contributed by atoms with Crippen LogP contribution in [0.1, 0.15) is 28.8 Å². The number of carbonyl (C=O) groups excluding carboxylic acids is 1. The van der Waals surface area contributed by atoms with Crippen LogP contribution in [0.2, 0.25) is 10.0 Å². The number of ether oxygens (including phenoxy) is 1. The Labute approximate surface area is 226 Å². The summed E-state index contributed by atoms with van der Waals surface area (Å²) in [6.07, 6.45) is 9.48. The minimum Gasteiger partial charge on any atom is -0.455 e. The number of fused-ring (bicyclic) bond motifs is 1. The number of para-hydroxylation sites is 1. The zero-order valence-corrected chi connectivity index (χ0v) is 22.1. The Morgan fingerprint density at radius 1 is 1.16 bits per heavy atom. The highest BCUT2D eigenvalue weighted by Gasteiger charge is 2.31. The molecule has 1 N–H and O–H groups in total. The third-order valence-electron chi connectivity index (χ3n) is 6.71. The summed E-state index contributed by atoms with van der Waals surface area (Å²) < 4.78 is 5.77. The maximum atomic E-state index is 13.1. The van der Waals surface area contributed by atoms with Crippen molar-refractivity contribution >= 4 is 52.1 Å². The minimum atomic E-state index is -0.347. The van der Waals surface area contributed by atoms with Gasteiger partial charge in [-0.2, -0.15) is 4.98 Å². The number of hydrogen-bond acceptors (Lipinski definition) is 7. The lowest BCUT2D eigenvalue weighted by atomic mass is 10.0. The van der Waals surface area contributed by atoms with E-state index < -0.39 is 0 Å². The van der Waals surface area contributed by atoms with Crippen LogP contribution in [0, 0.1) is 12.3 Å². The number of aromatic nitrogens is 2. The molecule has 0 spiro atoms. The molecule has 1 saturated heterocycles. The molecule has 5 rings (SSSR count). The lowest BCUT2D eigenvalue weighted by molar-refractivity contribution is 0.0932. The van der Waals surface area contributed by atoms with Crippen molar-refractivity contribution in [1.82, 2.24) is 14.9 Å². The Morgan fingerprint density at radius 3 is 2.57 bits per heavy atom. The van der Waals surface area contributed by atoms with Crippen LogP contribution in [0.3, 0.4) is 0 Å². The van der Waals surface area contributed by atoms with E-state index in [1.807, 2.05) is 18.2 Å². The van der Waals surface area contributed by atoms with Gasteiger partial charge in [-0.3, -0.25) is 9.69 Å². The predicted molar refractivity (Wildman–Crippen MR) is 147 cm³/mol. The Hall–Kier alpha value is -3.51. The van der Waals surface area contributed by atoms with E-state index in [9.17, 15) is 4.79 Å². The largest absolute Gasteiger partial charge is 0.455 e. The first-order valence-electron chi connectivity index (χ1n) is 11.9. The molecule has 0 atom stereocenters. The van der Waals surface area contributed by atoms with Crippen LogP contribution in [-0.4, -0.2) is 60.7 Å². The molecule has 0 bridgehead atoms. The van der Waals surface area contributed by atoms with Crippen molar-refractivity contribution in [1.29, 1.82) is 0 Å². The number of hydrogen-bond donors (Lipinski definition) is 1. The van der Waals surface area contributed by atoms with Crippen molar-refractivity contribution in [3.63, 3.8) is 0 Å². The molecule has 0 radical (unpaired) electrons. The van der Waals surface area contributed by atoms with Crippen molar-refractivity contribution in [3.8, 4) is 18.2 Å². The van der Waals surface area contributed by atoms with Gasteiger partial charge in [0.15, 0.2) is 6.73 Å². The third kappa shape index (κ3) is 5.03. The van der Waals surface area contributed by atoms with Gasteiger partial charge >= 0.3 is 0 Å². The van der Waals surface area contributed by atoms with Crippen LogP contribution in [0.5, 0.6) is 5.88 Å². The van der Waals surface area contributed by atoms with Crippen LogP contribution in [0.15, 0.2) is 42.6 Å². The maximum Gasteiger partial charge on any atom is 0.268 e. The van der Waals surface area contributed by atoms with E-state index in [1.165, 1.54) is 11.1 Å². The van der Waals surface area contributed by atoms with Crippen molar-refractivity contribution < 1.29 is 9.53 Å². The van der Waals surface area contributed by atoms with Crippen LogP contribution < -0.4 is 19.9 Å². The third-order valence-corrected chi connectivity index (χ3v) is 7.32. The number of halogens is 2. The molecule has 1 amide bonds. The fourth-order valence-electron chi connectivity index (χ4n) is 4.68. The first-order chi connectivity index (χ1) is 17.9. The number of carbonyl (C=O) groups is 1. The van der Waals surface area contributed by atoms with E-state index in [2.05, 4.69) is 45.1 Å². The van der Waals surface area contributed by atoms with Crippen LogP contribution in [0.4, 0.5) is 23.0 Å². The smallest absolute Gasteiger partial charge is 0.268 e. The Kier molecular flexibility index (Phi) is 7.11. The molecule has 37 heavy (non-hydrogen) atoms. The normalized spacial score (nSPS) is 15.8. The average Bonchev–Trinajstić information content (AvgIpc) is 2.90. The number of rotatable bonds is 5. The van der Waals surface area contributed by atoms with E-state index in [0.717, 1.165) is 42.9 Å². The number of nitrogens with zero attached hydrogens (tertiary/aromatic N) is 5. The number of benzene rings is 2. The second-order valence-electron chi connectivity index (χ2n) is 9.17. The van der Waals surface area contributed by atoms with Gasteiger partial charge in [0.05, 0.1) is 21.4 Å². The van der Waals surface area contributed by atoms with E-state index in [-0.39, 0.29) is 24.1 Å². The molecule has 1 fully saturated rings. The SMILES string of the molecule is C#Cc1cc(Nc2ncc3c(n2)OCN(c2c(Cl)cccc2Cl)C3=O)ccc1N1CCC(N(C)C)CC1. The summed E-state index contributed by atoms with van der Waals surface area (Å²) in [6, 6.07) is 11.5. The molecule has 1 aromatic heterocycles. The number of piperidine rings is 1. The van der Waals surface area contributed by atoms with Crippen LogP contribution >= 0.6 is 23.2 Å². The van der Waals surface area contributed by atoms with Crippen molar-refractivity contribution in [2.24, 2.45) is 0 Å². The standard InChI is InChI=1S/C27H26Cl2N6O2/c1-4-17-14-18(8-9-23(17)34-12-10-19(11-13-34)33(2)3)31-27-30-15-20-25(32-27)37-16-35(26(20)36)24-21(28)6-5-7-22(24)29/h1,5-9,14-15,19H,10-13,16H2,2-3H3,(H,30,31,32). The van der Waals surface area contributed by atoms with E-state index in [0.29, 0.717) is 27.7 Å². The highest BCUT2D eigenvalue weighted by atomic mass is 35.5. The average molecular weight is 537 g/mol. The summed E-state index contributed by atoms with van der Waals surface area (Å²) in [5.41, 5.74) is 3.19. The Bertz CT molecular complexity index is 1360. The van der Waals surface area contributed by atoms with Crippen LogP contribution in [0.25, 0.3) is 0 Å². The van der Waals surface area contributed by atoms with Gasteiger partial charge in [-0.05, 0) is 57.3 Å². The lowest BCUT2D eigenvalue weighted by Gasteiger charge is -2.37. The monoisotopic (exact) mass is 536 g/mol. The molecule has 3 aromatic rings. The molecule has 2 aliphatic rings. The van der Waals surface area contributed by atoms with E-state index >= 15 is 0 Å². The van der Waals surface area contributed by atoms with Gasteiger partial charge in [-0.1, -0.05) is 35.2 Å². The Balaban J connectivity index is 1.32. The first kappa shape index (κ1) is 25.2. The highest BCUT2D eigenvalue weighted by molar-refractivity contribution is 6.40. The zero-order valence-electron chi connectivity index (χ0n) is 20.5. The first-order valence-corrected chi connectivity index (χ1v) is 12.7. The molecule has 0 unspecified atom stereocenters. The molecule has 10 heteroatoms. The zero-order chi connectivity index (χ0) is 26.1. The maximum absolute atomic E-state index is 13.1. The van der Waals surface area contributed by atoms with Gasteiger partial charge in [0.2, 0.25) is 11.8 Å². The van der Waals surface area contributed by atoms with Crippen molar-refractivity contribution in [2.45, 2.75) is 18.9 Å². The van der Waals surface area contributed by atoms with E-state index in [4.69, 9.17) is 34.4 Å². The molecular weight excluding hydrogens is 511 g/mol. The summed E-state index contributed by atoms with van der Waals surface area (Å²) in [6.45, 7) is 1.84. The molecule has 0 aliphatic carbocycles. The summed E-state index contributed by atoms with van der Waals surface area (Å²) >= 11 is 12.6. The van der Waals surface area contributed by atoms with Crippen LogP contribution in [-0.2, 0) is 0 Å². The van der Waals surface area contributed by atoms with E-state index in [1.54, 1.807) is 18.2 Å². The molecule has 8 nitrogen and oxygen atoms in total. The summed E-state index contributed by atoms with van der Waals surface area (Å²) in [7, 11) is 4.25. The quantitative estimate of drug-likeness (QED) is 0.458. The second-order valence-corrected chi connectivity index (χ2v) is 9.99. The molecule has 190 valence electrons. The van der Waals surface area contributed by atoms with Crippen molar-refractivity contribution in [2.75, 3.05) is 49.0 Å². The fourth-order valence-corrected chi connectivity index (χ4v) is 5.28. The number of anilines is 4. The molecule has 3 heterocycles. The van der Waals surface area contributed by atoms with Gasteiger partial charge in [-0.15, -0.1) is 6.42 Å². The summed E-state index contributed by atoms with van der Waals surface area (Å²) in [4.78, 5) is 27.8. The van der Waals surface area contributed by atoms with Gasteiger partial charge in [0.25, 0.3) is 5.91 Å². The molecule has 2 aliphatic heterocycles. The summed E-state index contributed by atoms with van der Waals surface area (Å²) in [5, 5.41) is 3.86. The molecule has 2 aromatic carbocycles. The Morgan fingerprint density at radius 2 is 1.89 bits per heavy atom. The minimum absolute atomic E-state index is 0.0772. The fraction of sp³-hybridized carbons (Fsp3) is 0.296. The summed E-state index contributed by atoms with van der Waals surface area (Å²) in [5.74, 6) is 2.93. The van der Waals surface area contributed by atoms with Gasteiger partial charge in [-0.25, -0.2) is 4.98 Å². The van der Waals surface area contributed by atoms with Gasteiger partial charge in [0.1, 0.15) is 5.56 Å². The predicted octanol–water partition coefficient (Wildman–Crippen LogP) is 5.04. The second kappa shape index (κ2) is 10.5. The molecule has 0 saturated carbocycles.